The topological polar surface area (TPSA) is 50.2 Å². The van der Waals surface area contributed by atoms with Gasteiger partial charge in [0.1, 0.15) is 10.3 Å². The average Bonchev–Trinajstić information content (AvgIpc) is 1.97. The summed E-state index contributed by atoms with van der Waals surface area (Å²) < 4.78 is 0. The highest BCUT2D eigenvalue weighted by molar-refractivity contribution is 6.32. The van der Waals surface area contributed by atoms with E-state index in [4.69, 9.17) is 23.2 Å². The molecular weight excluding hydrogens is 237 g/mol. The molecule has 1 aromatic heterocycles. The minimum Gasteiger partial charge on any atom is -0.481 e. The van der Waals surface area contributed by atoms with Crippen LogP contribution in [0, 0.1) is 0 Å². The molecule has 0 atom stereocenters. The van der Waals surface area contributed by atoms with Crippen molar-refractivity contribution < 1.29 is 9.90 Å². The predicted octanol–water partition coefficient (Wildman–Crippen LogP) is 2.89. The van der Waals surface area contributed by atoms with Gasteiger partial charge >= 0.3 is 5.97 Å². The average molecular weight is 246 g/mol. The molecule has 0 aromatic carbocycles. The van der Waals surface area contributed by atoms with Crippen molar-refractivity contribution in [2.24, 2.45) is 0 Å². The first-order valence-electron chi connectivity index (χ1n) is 4.61. The lowest BCUT2D eigenvalue weighted by molar-refractivity contribution is -0.147. The number of aliphatic carboxylic acids is 1. The molecule has 0 saturated heterocycles. The van der Waals surface area contributed by atoms with Crippen LogP contribution in [-0.4, -0.2) is 16.1 Å². The van der Waals surface area contributed by atoms with Gasteiger partial charge in [0.2, 0.25) is 0 Å². The van der Waals surface area contributed by atoms with E-state index in [9.17, 15) is 9.90 Å². The van der Waals surface area contributed by atoms with Gasteiger partial charge in [-0.05, 0) is 30.5 Å². The van der Waals surface area contributed by atoms with E-state index in [-0.39, 0.29) is 10.3 Å². The van der Waals surface area contributed by atoms with Crippen LogP contribution in [0.3, 0.4) is 0 Å². The number of carboxylic acid groups (broad SMARTS) is 1. The molecule has 15 heavy (non-hydrogen) atoms. The minimum atomic E-state index is -0.813. The van der Waals surface area contributed by atoms with Crippen LogP contribution in [-0.2, 0) is 10.2 Å². The third-order valence-corrected chi connectivity index (χ3v) is 3.32. The number of pyridine rings is 1. The van der Waals surface area contributed by atoms with E-state index >= 15 is 0 Å². The second kappa shape index (κ2) is 3.65. The number of nitrogens with zero attached hydrogens (tertiary/aromatic N) is 1. The summed E-state index contributed by atoms with van der Waals surface area (Å²) in [5.74, 6) is -0.813. The molecule has 1 saturated carbocycles. The molecule has 0 unspecified atom stereocenters. The van der Waals surface area contributed by atoms with Gasteiger partial charge < -0.3 is 5.11 Å². The predicted molar refractivity (Wildman–Crippen MR) is 57.4 cm³/mol. The molecule has 1 aliphatic rings. The summed E-state index contributed by atoms with van der Waals surface area (Å²) in [6.45, 7) is 0. The van der Waals surface area contributed by atoms with Gasteiger partial charge in [-0.15, -0.1) is 0 Å². The van der Waals surface area contributed by atoms with Crippen molar-refractivity contribution in [3.8, 4) is 0 Å². The molecule has 2 rings (SSSR count). The third kappa shape index (κ3) is 1.70. The van der Waals surface area contributed by atoms with Crippen molar-refractivity contribution in [1.29, 1.82) is 0 Å². The number of rotatable bonds is 2. The van der Waals surface area contributed by atoms with Crippen LogP contribution in [0.25, 0.3) is 0 Å². The van der Waals surface area contributed by atoms with E-state index in [0.29, 0.717) is 18.4 Å². The number of carbonyl (C=O) groups is 1. The van der Waals surface area contributed by atoms with E-state index in [1.54, 1.807) is 12.1 Å². The van der Waals surface area contributed by atoms with Gasteiger partial charge in [-0.1, -0.05) is 29.6 Å². The summed E-state index contributed by atoms with van der Waals surface area (Å²) in [6.07, 6.45) is 2.20. The van der Waals surface area contributed by atoms with E-state index < -0.39 is 11.4 Å². The summed E-state index contributed by atoms with van der Waals surface area (Å²) in [6, 6.07) is 3.17. The Kier molecular flexibility index (Phi) is 2.61. The Balaban J connectivity index is 2.47. The van der Waals surface area contributed by atoms with E-state index in [0.717, 1.165) is 6.42 Å². The Bertz CT molecular complexity index is 396. The molecule has 0 bridgehead atoms. The lowest BCUT2D eigenvalue weighted by Gasteiger charge is -2.38. The van der Waals surface area contributed by atoms with Crippen LogP contribution >= 0.6 is 23.2 Å². The fraction of sp³-hybridized carbons (Fsp3) is 0.400. The first-order valence-corrected chi connectivity index (χ1v) is 5.37. The highest BCUT2D eigenvalue weighted by atomic mass is 35.5. The minimum absolute atomic E-state index is 0.241. The summed E-state index contributed by atoms with van der Waals surface area (Å²) in [4.78, 5) is 15.0. The van der Waals surface area contributed by atoms with E-state index in [2.05, 4.69) is 4.98 Å². The van der Waals surface area contributed by atoms with Crippen molar-refractivity contribution >= 4 is 29.2 Å². The number of hydrogen-bond acceptors (Lipinski definition) is 2. The van der Waals surface area contributed by atoms with Crippen LogP contribution in [0.2, 0.25) is 10.3 Å². The van der Waals surface area contributed by atoms with Gasteiger partial charge in [0.15, 0.2) is 0 Å². The van der Waals surface area contributed by atoms with Gasteiger partial charge in [0, 0.05) is 0 Å². The smallest absolute Gasteiger partial charge is 0.314 e. The second-order valence-electron chi connectivity index (χ2n) is 3.74. The number of aromatic nitrogens is 1. The molecule has 5 heteroatoms. The molecular formula is C10H9Cl2NO2. The van der Waals surface area contributed by atoms with Crippen LogP contribution in [0.5, 0.6) is 0 Å². The van der Waals surface area contributed by atoms with E-state index in [1.807, 2.05) is 0 Å². The zero-order valence-electron chi connectivity index (χ0n) is 7.83. The molecule has 1 aromatic rings. The summed E-state index contributed by atoms with van der Waals surface area (Å²) in [7, 11) is 0. The second-order valence-corrected chi connectivity index (χ2v) is 4.52. The van der Waals surface area contributed by atoms with Gasteiger partial charge in [-0.25, -0.2) is 4.98 Å². The quantitative estimate of drug-likeness (QED) is 0.816. The third-order valence-electron chi connectivity index (χ3n) is 2.93. The normalized spacial score (nSPS) is 18.3. The van der Waals surface area contributed by atoms with Crippen molar-refractivity contribution in [1.82, 2.24) is 4.98 Å². The summed E-state index contributed by atoms with van der Waals surface area (Å²) in [5.41, 5.74) is -0.137. The lowest BCUT2D eigenvalue weighted by Crippen LogP contribution is -2.42. The molecule has 0 spiro atoms. The molecule has 80 valence electrons. The SMILES string of the molecule is O=C(O)C1(c2cc(Cl)nc(Cl)c2)CCC1. The molecule has 1 heterocycles. The van der Waals surface area contributed by atoms with Crippen molar-refractivity contribution in [3.63, 3.8) is 0 Å². The molecule has 1 N–H and O–H groups in total. The zero-order chi connectivity index (χ0) is 11.1. The zero-order valence-corrected chi connectivity index (χ0v) is 9.35. The number of halogens is 2. The molecule has 3 nitrogen and oxygen atoms in total. The first-order chi connectivity index (χ1) is 7.04. The number of carboxylic acids is 1. The van der Waals surface area contributed by atoms with Crippen LogP contribution in [0.15, 0.2) is 12.1 Å². The molecule has 0 aliphatic heterocycles. The van der Waals surface area contributed by atoms with Crippen LogP contribution in [0.4, 0.5) is 0 Å². The fourth-order valence-corrected chi connectivity index (χ4v) is 2.36. The summed E-state index contributed by atoms with van der Waals surface area (Å²) in [5, 5.41) is 9.69. The highest BCUT2D eigenvalue weighted by Gasteiger charge is 2.46. The fourth-order valence-electron chi connectivity index (χ4n) is 1.90. The largest absolute Gasteiger partial charge is 0.481 e. The summed E-state index contributed by atoms with van der Waals surface area (Å²) >= 11 is 11.5. The maximum absolute atomic E-state index is 11.2. The maximum atomic E-state index is 11.2. The van der Waals surface area contributed by atoms with Crippen LogP contribution < -0.4 is 0 Å². The van der Waals surface area contributed by atoms with Gasteiger partial charge in [0.25, 0.3) is 0 Å². The Hall–Kier alpha value is -0.800. The highest BCUT2D eigenvalue weighted by Crippen LogP contribution is 2.44. The van der Waals surface area contributed by atoms with Gasteiger partial charge in [0.05, 0.1) is 5.41 Å². The van der Waals surface area contributed by atoms with Crippen LogP contribution in [0.1, 0.15) is 24.8 Å². The van der Waals surface area contributed by atoms with E-state index in [1.165, 1.54) is 0 Å². The molecule has 1 fully saturated rings. The van der Waals surface area contributed by atoms with Gasteiger partial charge in [-0.2, -0.15) is 0 Å². The standard InChI is InChI=1S/C10H9Cl2NO2/c11-7-4-6(5-8(12)13-7)10(9(14)15)2-1-3-10/h4-5H,1-3H2,(H,14,15). The Morgan fingerprint density at radius 3 is 2.20 bits per heavy atom. The van der Waals surface area contributed by atoms with Crippen molar-refractivity contribution in [2.75, 3.05) is 0 Å². The Morgan fingerprint density at radius 2 is 1.87 bits per heavy atom. The first kappa shape index (κ1) is 10.7. The van der Waals surface area contributed by atoms with Gasteiger partial charge in [-0.3, -0.25) is 4.79 Å². The van der Waals surface area contributed by atoms with Crippen molar-refractivity contribution in [3.05, 3.63) is 28.0 Å². The van der Waals surface area contributed by atoms with Crippen molar-refractivity contribution in [2.45, 2.75) is 24.7 Å². The Morgan fingerprint density at radius 1 is 1.33 bits per heavy atom. The molecule has 0 amide bonds. The number of hydrogen-bond donors (Lipinski definition) is 1. The maximum Gasteiger partial charge on any atom is 0.314 e. The molecule has 0 radical (unpaired) electrons. The lowest BCUT2D eigenvalue weighted by atomic mass is 9.65. The monoisotopic (exact) mass is 245 g/mol. The Labute approximate surface area is 97.0 Å². The molecule has 1 aliphatic carbocycles.